The maximum Gasteiger partial charge on any atom is 0.313 e. The highest BCUT2D eigenvalue weighted by Gasteiger charge is 2.41. The third-order valence-corrected chi connectivity index (χ3v) is 3.92. The molecule has 0 radical (unpaired) electrons. The number of carbonyl (C=O) groups excluding carboxylic acids is 1. The number of amides is 1. The fourth-order valence-corrected chi connectivity index (χ4v) is 2.77. The van der Waals surface area contributed by atoms with Crippen LogP contribution in [-0.2, 0) is 4.79 Å². The highest BCUT2D eigenvalue weighted by atomic mass is 32.2. The summed E-state index contributed by atoms with van der Waals surface area (Å²) in [5, 5.41) is 6.11. The molecule has 1 heterocycles. The van der Waals surface area contributed by atoms with Gasteiger partial charge in [0.2, 0.25) is 0 Å². The van der Waals surface area contributed by atoms with Crippen molar-refractivity contribution in [1.82, 2.24) is 0 Å². The number of hydrogen-bond donors (Lipinski definition) is 1. The molecule has 1 amide bonds. The first-order valence-electron chi connectivity index (χ1n) is 5.28. The summed E-state index contributed by atoms with van der Waals surface area (Å²) in [6, 6.07) is 7.52. The lowest BCUT2D eigenvalue weighted by Crippen LogP contribution is -2.42. The Balaban J connectivity index is 2.41. The number of hydrogen-bond acceptors (Lipinski definition) is 5. The maximum atomic E-state index is 11.4. The zero-order valence-corrected chi connectivity index (χ0v) is 11.0. The predicted octanol–water partition coefficient (Wildman–Crippen LogP) is 1.57. The molecule has 1 unspecified atom stereocenters. The number of thioether (sulfide) groups is 1. The van der Waals surface area contributed by atoms with Crippen LogP contribution in [0.5, 0.6) is 5.75 Å². The molecule has 1 aromatic carbocycles. The first-order chi connectivity index (χ1) is 8.65. The lowest BCUT2D eigenvalue weighted by atomic mass is 10.1. The summed E-state index contributed by atoms with van der Waals surface area (Å²) < 4.78 is 5.08. The van der Waals surface area contributed by atoms with Gasteiger partial charge in [-0.2, -0.15) is 4.48 Å². The summed E-state index contributed by atoms with van der Waals surface area (Å²) in [4.78, 5) is 11.4. The van der Waals surface area contributed by atoms with Gasteiger partial charge in [-0.05, 0) is 36.0 Å². The second-order valence-corrected chi connectivity index (χ2v) is 4.78. The van der Waals surface area contributed by atoms with E-state index in [2.05, 4.69) is 5.10 Å². The van der Waals surface area contributed by atoms with Crippen LogP contribution in [-0.4, -0.2) is 30.2 Å². The van der Waals surface area contributed by atoms with Gasteiger partial charge in [-0.1, -0.05) is 0 Å². The molecule has 1 atom stereocenters. The number of benzene rings is 1. The number of hydrazone groups is 1. The minimum Gasteiger partial charge on any atom is -0.497 e. The van der Waals surface area contributed by atoms with Gasteiger partial charge in [-0.3, -0.25) is 0 Å². The van der Waals surface area contributed by atoms with E-state index >= 15 is 0 Å². The van der Waals surface area contributed by atoms with Crippen LogP contribution in [0.2, 0.25) is 0 Å². The predicted molar refractivity (Wildman–Crippen MR) is 72.4 cm³/mol. The molecular weight excluding hydrogens is 250 g/mol. The van der Waals surface area contributed by atoms with Crippen LogP contribution < -0.4 is 10.6 Å². The van der Waals surface area contributed by atoms with Crippen LogP contribution in [0.15, 0.2) is 34.8 Å². The van der Waals surface area contributed by atoms with Gasteiger partial charge in [-0.25, -0.2) is 4.79 Å². The maximum absolute atomic E-state index is 11.4. The number of carbonyl (C=O) groups is 1. The highest BCUT2D eigenvalue weighted by Crippen LogP contribution is 2.37. The number of ether oxygens (including phenoxy) is 1. The van der Waals surface area contributed by atoms with E-state index in [1.807, 2.05) is 29.7 Å². The van der Waals surface area contributed by atoms with Crippen LogP contribution >= 0.6 is 11.8 Å². The van der Waals surface area contributed by atoms with Gasteiger partial charge < -0.3 is 10.6 Å². The molecule has 18 heavy (non-hydrogen) atoms. The molecule has 0 bridgehead atoms. The van der Waals surface area contributed by atoms with Crippen LogP contribution in [0.3, 0.4) is 0 Å². The Morgan fingerprint density at radius 2 is 2.06 bits per heavy atom. The summed E-state index contributed by atoms with van der Waals surface area (Å²) in [6.45, 7) is 0. The largest absolute Gasteiger partial charge is 0.497 e. The van der Waals surface area contributed by atoms with Gasteiger partial charge in [-0.15, -0.1) is 5.10 Å². The lowest BCUT2D eigenvalue weighted by Gasteiger charge is -2.22. The minimum atomic E-state index is -0.0342. The van der Waals surface area contributed by atoms with Crippen LogP contribution in [0.1, 0.15) is 5.56 Å². The minimum absolute atomic E-state index is 0.0342. The molecule has 1 aliphatic rings. The van der Waals surface area contributed by atoms with E-state index in [-0.39, 0.29) is 4.48 Å². The molecule has 2 N–H and O–H groups in total. The van der Waals surface area contributed by atoms with Gasteiger partial charge in [0.1, 0.15) is 5.75 Å². The molecule has 0 saturated heterocycles. The SMILES string of the molecule is COc1ccc(C2=CSC(=NN)[N+]2(C)C=O)cc1. The Morgan fingerprint density at radius 1 is 1.39 bits per heavy atom. The van der Waals surface area contributed by atoms with E-state index in [0.717, 1.165) is 23.4 Å². The second kappa shape index (κ2) is 4.83. The van der Waals surface area contributed by atoms with Crippen LogP contribution in [0.4, 0.5) is 0 Å². The zero-order valence-electron chi connectivity index (χ0n) is 10.2. The number of quaternary nitrogens is 1. The number of nitrogens with two attached hydrogens (primary N) is 1. The Labute approximate surface area is 109 Å². The molecule has 1 aliphatic heterocycles. The summed E-state index contributed by atoms with van der Waals surface area (Å²) in [5.41, 5.74) is 1.79. The van der Waals surface area contributed by atoms with Crippen molar-refractivity contribution in [3.05, 3.63) is 35.2 Å². The third kappa shape index (κ3) is 1.89. The van der Waals surface area contributed by atoms with Gasteiger partial charge in [0, 0.05) is 11.0 Å². The molecule has 0 fully saturated rings. The molecule has 1 aromatic rings. The van der Waals surface area contributed by atoms with Crippen molar-refractivity contribution in [3.8, 4) is 5.75 Å². The quantitative estimate of drug-likeness (QED) is 0.389. The lowest BCUT2D eigenvalue weighted by molar-refractivity contribution is -0.643. The van der Waals surface area contributed by atoms with Crippen molar-refractivity contribution in [2.24, 2.45) is 10.9 Å². The Morgan fingerprint density at radius 3 is 2.56 bits per heavy atom. The summed E-state index contributed by atoms with van der Waals surface area (Å²) in [6.07, 6.45) is 0.821. The first-order valence-corrected chi connectivity index (χ1v) is 6.16. The number of rotatable bonds is 3. The standard InChI is InChI=1S/C12H14N3O2S/c1-15(8-16)11(7-18-12(15)14-13)9-3-5-10(17-2)6-4-9/h3-8H,13H2,1-2H3/q+1. The van der Waals surface area contributed by atoms with E-state index in [4.69, 9.17) is 10.6 Å². The van der Waals surface area contributed by atoms with E-state index in [1.54, 1.807) is 14.2 Å². The Kier molecular flexibility index (Phi) is 3.40. The monoisotopic (exact) mass is 264 g/mol. The van der Waals surface area contributed by atoms with Gasteiger partial charge in [0.15, 0.2) is 5.70 Å². The van der Waals surface area contributed by atoms with Crippen molar-refractivity contribution in [2.75, 3.05) is 14.2 Å². The molecule has 94 valence electrons. The van der Waals surface area contributed by atoms with Crippen molar-refractivity contribution >= 4 is 29.0 Å². The summed E-state index contributed by atoms with van der Waals surface area (Å²) in [5.74, 6) is 6.09. The zero-order chi connectivity index (χ0) is 13.2. The van der Waals surface area contributed by atoms with Gasteiger partial charge >= 0.3 is 6.41 Å². The Bertz CT molecular complexity index is 525. The van der Waals surface area contributed by atoms with Gasteiger partial charge in [0.25, 0.3) is 5.17 Å². The molecule has 0 spiro atoms. The fraction of sp³-hybridized carbons (Fsp3) is 0.167. The molecule has 0 aromatic heterocycles. The topological polar surface area (TPSA) is 64.7 Å². The van der Waals surface area contributed by atoms with Crippen molar-refractivity contribution < 1.29 is 14.0 Å². The van der Waals surface area contributed by atoms with Crippen LogP contribution in [0, 0.1) is 0 Å². The van der Waals surface area contributed by atoms with E-state index in [0.29, 0.717) is 5.17 Å². The number of methoxy groups -OCH3 is 1. The Hall–Kier alpha value is -1.79. The summed E-state index contributed by atoms with van der Waals surface area (Å²) in [7, 11) is 3.37. The number of nitrogens with zero attached hydrogens (tertiary/aromatic N) is 2. The first kappa shape index (κ1) is 12.7. The molecule has 0 aliphatic carbocycles. The molecule has 2 rings (SSSR count). The van der Waals surface area contributed by atoms with Crippen molar-refractivity contribution in [1.29, 1.82) is 0 Å². The van der Waals surface area contributed by atoms with E-state index in [9.17, 15) is 4.79 Å². The molecule has 6 heteroatoms. The summed E-state index contributed by atoms with van der Waals surface area (Å²) >= 11 is 1.36. The normalized spacial score (nSPS) is 25.0. The molecule has 0 saturated carbocycles. The van der Waals surface area contributed by atoms with Crippen LogP contribution in [0.25, 0.3) is 5.70 Å². The average Bonchev–Trinajstić information content (AvgIpc) is 2.76. The number of amidine groups is 1. The van der Waals surface area contributed by atoms with Crippen molar-refractivity contribution in [3.63, 3.8) is 0 Å². The second-order valence-electron chi connectivity index (χ2n) is 3.94. The molecular formula is C12H14N3O2S+. The van der Waals surface area contributed by atoms with Crippen molar-refractivity contribution in [2.45, 2.75) is 0 Å². The van der Waals surface area contributed by atoms with E-state index < -0.39 is 0 Å². The fourth-order valence-electron chi connectivity index (χ4n) is 1.78. The van der Waals surface area contributed by atoms with E-state index in [1.165, 1.54) is 11.8 Å². The average molecular weight is 264 g/mol. The molecule has 5 nitrogen and oxygen atoms in total. The third-order valence-electron chi connectivity index (χ3n) is 2.88. The highest BCUT2D eigenvalue weighted by molar-refractivity contribution is 8.16. The van der Waals surface area contributed by atoms with Gasteiger partial charge in [0.05, 0.1) is 14.2 Å². The smallest absolute Gasteiger partial charge is 0.313 e.